The van der Waals surface area contributed by atoms with Crippen LogP contribution in [0.2, 0.25) is 0 Å². The summed E-state index contributed by atoms with van der Waals surface area (Å²) in [4.78, 5) is 0. The molecule has 1 aliphatic carbocycles. The molecule has 2 aliphatic rings. The van der Waals surface area contributed by atoms with Gasteiger partial charge in [0, 0.05) is 12.6 Å². The fourth-order valence-electron chi connectivity index (χ4n) is 2.18. The van der Waals surface area contributed by atoms with Crippen molar-refractivity contribution in [2.24, 2.45) is 5.92 Å². The molecule has 2 nitrogen and oxygen atoms in total. The van der Waals surface area contributed by atoms with Crippen molar-refractivity contribution in [2.45, 2.75) is 25.0 Å². The molecule has 1 heterocycles. The van der Waals surface area contributed by atoms with E-state index >= 15 is 0 Å². The predicted molar refractivity (Wildman–Crippen MR) is 44.5 cm³/mol. The van der Waals surface area contributed by atoms with Crippen LogP contribution in [0.3, 0.4) is 0 Å². The molecule has 0 amide bonds. The highest BCUT2D eigenvalue weighted by atomic mass is 16.5. The minimum atomic E-state index is 0.513. The number of rotatable bonds is 3. The standard InChI is InChI=1S/C9H15NO/c1-2-3-11-9-5-8-4-7(9)6-10-8/h2,7-10H,1,3-6H2/t7-,8+,9+/m0/s1. The summed E-state index contributed by atoms with van der Waals surface area (Å²) < 4.78 is 5.63. The lowest BCUT2D eigenvalue weighted by Crippen LogP contribution is -2.34. The first-order valence-corrected chi connectivity index (χ1v) is 4.36. The highest BCUT2D eigenvalue weighted by Gasteiger charge is 2.39. The quantitative estimate of drug-likeness (QED) is 0.609. The molecule has 0 spiro atoms. The van der Waals surface area contributed by atoms with Gasteiger partial charge >= 0.3 is 0 Å². The molecule has 0 aromatic rings. The second kappa shape index (κ2) is 2.95. The zero-order chi connectivity index (χ0) is 7.68. The Balaban J connectivity index is 1.83. The highest BCUT2D eigenvalue weighted by Crippen LogP contribution is 2.33. The van der Waals surface area contributed by atoms with E-state index in [1.54, 1.807) is 0 Å². The van der Waals surface area contributed by atoms with Crippen LogP contribution in [-0.4, -0.2) is 25.3 Å². The molecule has 2 heteroatoms. The SMILES string of the molecule is C=CCO[C@@H]1C[C@H]2C[C@H]1CN2. The van der Waals surface area contributed by atoms with Crippen LogP contribution in [-0.2, 0) is 4.74 Å². The van der Waals surface area contributed by atoms with E-state index in [4.69, 9.17) is 4.74 Å². The van der Waals surface area contributed by atoms with Crippen LogP contribution in [0.5, 0.6) is 0 Å². The van der Waals surface area contributed by atoms with Crippen LogP contribution in [0, 0.1) is 5.92 Å². The number of piperidine rings is 1. The summed E-state index contributed by atoms with van der Waals surface area (Å²) in [7, 11) is 0. The molecular formula is C9H15NO. The van der Waals surface area contributed by atoms with Crippen molar-refractivity contribution < 1.29 is 4.74 Å². The first-order chi connectivity index (χ1) is 5.40. The molecule has 3 atom stereocenters. The first kappa shape index (κ1) is 7.32. The molecule has 11 heavy (non-hydrogen) atoms. The molecule has 2 rings (SSSR count). The maximum absolute atomic E-state index is 5.63. The minimum absolute atomic E-state index is 0.513. The molecule has 1 N–H and O–H groups in total. The van der Waals surface area contributed by atoms with Gasteiger partial charge in [0.2, 0.25) is 0 Å². The third-order valence-corrected chi connectivity index (χ3v) is 2.73. The normalized spacial score (nSPS) is 41.3. The van der Waals surface area contributed by atoms with E-state index < -0.39 is 0 Å². The van der Waals surface area contributed by atoms with Crippen molar-refractivity contribution in [3.63, 3.8) is 0 Å². The van der Waals surface area contributed by atoms with Crippen molar-refractivity contribution in [1.29, 1.82) is 0 Å². The number of hydrogen-bond donors (Lipinski definition) is 1. The van der Waals surface area contributed by atoms with E-state index in [0.29, 0.717) is 12.7 Å². The fraction of sp³-hybridized carbons (Fsp3) is 0.778. The van der Waals surface area contributed by atoms with Gasteiger partial charge < -0.3 is 10.1 Å². The van der Waals surface area contributed by atoms with Crippen LogP contribution in [0.25, 0.3) is 0 Å². The smallest absolute Gasteiger partial charge is 0.0648 e. The van der Waals surface area contributed by atoms with Gasteiger partial charge in [-0.25, -0.2) is 0 Å². The minimum Gasteiger partial charge on any atom is -0.374 e. The van der Waals surface area contributed by atoms with E-state index in [-0.39, 0.29) is 0 Å². The van der Waals surface area contributed by atoms with Crippen LogP contribution in [0.15, 0.2) is 12.7 Å². The summed E-state index contributed by atoms with van der Waals surface area (Å²) in [5, 5.41) is 3.46. The van der Waals surface area contributed by atoms with Gasteiger partial charge in [0.1, 0.15) is 0 Å². The maximum atomic E-state index is 5.63. The van der Waals surface area contributed by atoms with Gasteiger partial charge in [-0.1, -0.05) is 6.08 Å². The third-order valence-electron chi connectivity index (χ3n) is 2.73. The molecule has 1 aliphatic heterocycles. The summed E-state index contributed by atoms with van der Waals surface area (Å²) in [6.07, 6.45) is 4.87. The van der Waals surface area contributed by atoms with Crippen molar-refractivity contribution in [3.05, 3.63) is 12.7 Å². The summed E-state index contributed by atoms with van der Waals surface area (Å²) in [5.74, 6) is 0.778. The number of nitrogens with one attached hydrogen (secondary N) is 1. The molecule has 0 radical (unpaired) electrons. The Morgan fingerprint density at radius 3 is 3.00 bits per heavy atom. The first-order valence-electron chi connectivity index (χ1n) is 4.36. The molecular weight excluding hydrogens is 138 g/mol. The van der Waals surface area contributed by atoms with Crippen LogP contribution >= 0.6 is 0 Å². The third kappa shape index (κ3) is 1.33. The fourth-order valence-corrected chi connectivity index (χ4v) is 2.18. The van der Waals surface area contributed by atoms with Crippen LogP contribution in [0.1, 0.15) is 12.8 Å². The molecule has 1 saturated carbocycles. The Bertz CT molecular complexity index is 158. The van der Waals surface area contributed by atoms with E-state index in [0.717, 1.165) is 18.5 Å². The monoisotopic (exact) mass is 153 g/mol. The number of fused-ring (bicyclic) bond motifs is 2. The lowest BCUT2D eigenvalue weighted by atomic mass is 10.1. The molecule has 2 bridgehead atoms. The maximum Gasteiger partial charge on any atom is 0.0648 e. The van der Waals surface area contributed by atoms with Gasteiger partial charge in [-0.15, -0.1) is 6.58 Å². The lowest BCUT2D eigenvalue weighted by molar-refractivity contribution is 0.0389. The van der Waals surface area contributed by atoms with Crippen LogP contribution in [0.4, 0.5) is 0 Å². The zero-order valence-electron chi connectivity index (χ0n) is 6.75. The molecule has 0 aromatic heterocycles. The van der Waals surface area contributed by atoms with Gasteiger partial charge in [0.05, 0.1) is 12.7 Å². The number of hydrogen-bond acceptors (Lipinski definition) is 2. The molecule has 2 fully saturated rings. The van der Waals surface area contributed by atoms with E-state index in [1.165, 1.54) is 12.8 Å². The average Bonchev–Trinajstić information content (AvgIpc) is 2.60. The highest BCUT2D eigenvalue weighted by molar-refractivity contribution is 4.96. The van der Waals surface area contributed by atoms with E-state index in [9.17, 15) is 0 Å². The molecule has 0 unspecified atom stereocenters. The largest absolute Gasteiger partial charge is 0.374 e. The van der Waals surface area contributed by atoms with Gasteiger partial charge in [0.15, 0.2) is 0 Å². The summed E-state index contributed by atoms with van der Waals surface area (Å²) in [6, 6.07) is 0.745. The van der Waals surface area contributed by atoms with Gasteiger partial charge in [-0.05, 0) is 18.8 Å². The Morgan fingerprint density at radius 2 is 2.45 bits per heavy atom. The summed E-state index contributed by atoms with van der Waals surface area (Å²) in [6.45, 7) is 5.52. The topological polar surface area (TPSA) is 21.3 Å². The predicted octanol–water partition coefficient (Wildman–Crippen LogP) is 0.939. The van der Waals surface area contributed by atoms with Gasteiger partial charge in [0.25, 0.3) is 0 Å². The van der Waals surface area contributed by atoms with Gasteiger partial charge in [-0.2, -0.15) is 0 Å². The van der Waals surface area contributed by atoms with Crippen molar-refractivity contribution in [2.75, 3.05) is 13.2 Å². The Hall–Kier alpha value is -0.340. The van der Waals surface area contributed by atoms with Crippen molar-refractivity contribution in [3.8, 4) is 0 Å². The molecule has 0 aromatic carbocycles. The van der Waals surface area contributed by atoms with Crippen molar-refractivity contribution in [1.82, 2.24) is 5.32 Å². The zero-order valence-corrected chi connectivity index (χ0v) is 6.75. The average molecular weight is 153 g/mol. The van der Waals surface area contributed by atoms with E-state index in [1.807, 2.05) is 6.08 Å². The second-order valence-corrected chi connectivity index (χ2v) is 3.50. The number of ether oxygens (including phenoxy) is 1. The van der Waals surface area contributed by atoms with E-state index in [2.05, 4.69) is 11.9 Å². The summed E-state index contributed by atoms with van der Waals surface area (Å²) in [5.41, 5.74) is 0. The second-order valence-electron chi connectivity index (χ2n) is 3.50. The van der Waals surface area contributed by atoms with Crippen LogP contribution < -0.4 is 5.32 Å². The Labute approximate surface area is 67.6 Å². The Kier molecular flexibility index (Phi) is 1.96. The Morgan fingerprint density at radius 1 is 1.55 bits per heavy atom. The molecule has 1 saturated heterocycles. The lowest BCUT2D eigenvalue weighted by Gasteiger charge is -2.21. The molecule has 62 valence electrons. The van der Waals surface area contributed by atoms with Gasteiger partial charge in [-0.3, -0.25) is 0 Å². The summed E-state index contributed by atoms with van der Waals surface area (Å²) >= 11 is 0. The van der Waals surface area contributed by atoms with Crippen molar-refractivity contribution >= 4 is 0 Å².